The van der Waals surface area contributed by atoms with Gasteiger partial charge >= 0.3 is 0 Å². The molecule has 4 aliphatic rings. The molecule has 0 atom stereocenters. The van der Waals surface area contributed by atoms with Crippen LogP contribution in [0.5, 0.6) is 0 Å². The van der Waals surface area contributed by atoms with Gasteiger partial charge in [0.2, 0.25) is 0 Å². The maximum absolute atomic E-state index is 10.9. The highest BCUT2D eigenvalue weighted by Crippen LogP contribution is 2.33. The number of non-ortho nitro benzene ring substituents is 1. The zero-order chi connectivity index (χ0) is 33.2. The van der Waals surface area contributed by atoms with Gasteiger partial charge in [-0.05, 0) is 108 Å². The molecule has 0 aliphatic carbocycles. The van der Waals surface area contributed by atoms with Gasteiger partial charge in [0.05, 0.1) is 18.0 Å². The number of nitro groups is 1. The van der Waals surface area contributed by atoms with Gasteiger partial charge in [-0.2, -0.15) is 0 Å². The fourth-order valence-corrected chi connectivity index (χ4v) is 6.93. The van der Waals surface area contributed by atoms with Crippen molar-refractivity contribution in [2.24, 2.45) is 9.98 Å². The number of nitrogens with zero attached hydrogens (tertiary/aromatic N) is 5. The third-order valence-electron chi connectivity index (χ3n) is 9.52. The zero-order valence-electron chi connectivity index (χ0n) is 27.5. The Kier molecular flexibility index (Phi) is 8.63. The minimum atomic E-state index is -0.329. The van der Waals surface area contributed by atoms with Crippen LogP contribution >= 0.6 is 0 Å². The number of benzene rings is 4. The van der Waals surface area contributed by atoms with Crippen molar-refractivity contribution in [2.75, 3.05) is 41.7 Å². The number of nitrogens with two attached hydrogens (primary N) is 1. The highest BCUT2D eigenvalue weighted by molar-refractivity contribution is 6.03. The highest BCUT2D eigenvalue weighted by atomic mass is 16.6. The van der Waals surface area contributed by atoms with E-state index in [0.29, 0.717) is 0 Å². The highest BCUT2D eigenvalue weighted by Gasteiger charge is 2.22. The molecule has 0 fully saturated rings. The van der Waals surface area contributed by atoms with E-state index in [1.165, 1.54) is 44.7 Å². The number of nitrogen functional groups attached to an aromatic ring is 1. The van der Waals surface area contributed by atoms with E-state index >= 15 is 0 Å². The monoisotopic (exact) mass is 636 g/mol. The molecule has 48 heavy (non-hydrogen) atoms. The van der Waals surface area contributed by atoms with E-state index in [4.69, 9.17) is 5.73 Å². The Labute approximate surface area is 281 Å². The summed E-state index contributed by atoms with van der Waals surface area (Å²) in [6.45, 7) is 9.39. The van der Waals surface area contributed by atoms with Crippen molar-refractivity contribution in [2.45, 2.75) is 39.8 Å². The molecule has 0 radical (unpaired) electrons. The molecular weight excluding hydrogens is 596 g/mol. The quantitative estimate of drug-likeness (QED) is 0.127. The van der Waals surface area contributed by atoms with E-state index in [1.54, 1.807) is 12.1 Å². The lowest BCUT2D eigenvalue weighted by Crippen LogP contribution is -2.19. The average molecular weight is 637 g/mol. The smallest absolute Gasteiger partial charge is 0.269 e. The first-order valence-electron chi connectivity index (χ1n) is 16.6. The second-order valence-electron chi connectivity index (χ2n) is 12.9. The van der Waals surface area contributed by atoms with Crippen LogP contribution in [-0.4, -0.2) is 42.5 Å². The van der Waals surface area contributed by atoms with Gasteiger partial charge in [-0.1, -0.05) is 48.5 Å². The topological polar surface area (TPSA) is 100 Å². The van der Waals surface area contributed by atoms with Crippen LogP contribution in [0, 0.1) is 10.1 Å². The Balaban J connectivity index is 0.000000152. The van der Waals surface area contributed by atoms with Gasteiger partial charge in [0.15, 0.2) is 0 Å². The number of hydrogen-bond acceptors (Lipinski definition) is 7. The molecule has 8 rings (SSSR count). The molecule has 4 aliphatic heterocycles. The fraction of sp³-hybridized carbons (Fsp3) is 0.250. The van der Waals surface area contributed by atoms with Gasteiger partial charge in [-0.15, -0.1) is 0 Å². The Morgan fingerprint density at radius 2 is 1.17 bits per heavy atom. The van der Waals surface area contributed by atoms with E-state index in [2.05, 4.69) is 99.5 Å². The number of nitro benzene ring substituents is 1. The van der Waals surface area contributed by atoms with Crippen molar-refractivity contribution in [1.29, 1.82) is 0 Å². The van der Waals surface area contributed by atoms with E-state index in [-0.39, 0.29) is 10.6 Å². The van der Waals surface area contributed by atoms with Crippen LogP contribution in [0.1, 0.15) is 47.2 Å². The summed E-state index contributed by atoms with van der Waals surface area (Å²) in [5.74, 6) is 0. The van der Waals surface area contributed by atoms with Crippen molar-refractivity contribution in [3.63, 3.8) is 0 Å². The van der Waals surface area contributed by atoms with E-state index in [0.717, 1.165) is 80.5 Å². The summed E-state index contributed by atoms with van der Waals surface area (Å²) < 4.78 is 0. The molecule has 0 saturated carbocycles. The second-order valence-corrected chi connectivity index (χ2v) is 12.9. The van der Waals surface area contributed by atoms with Crippen LogP contribution in [0.3, 0.4) is 0 Å². The Hall–Kier alpha value is -5.50. The van der Waals surface area contributed by atoms with Gasteiger partial charge in [-0.25, -0.2) is 0 Å². The molecule has 8 nitrogen and oxygen atoms in total. The molecule has 4 aromatic rings. The first kappa shape index (κ1) is 31.1. The Morgan fingerprint density at radius 1 is 0.688 bits per heavy atom. The normalized spacial score (nSPS) is 16.0. The molecule has 0 spiro atoms. The summed E-state index contributed by atoms with van der Waals surface area (Å²) in [6.07, 6.45) is 6.26. The Morgan fingerprint density at radius 3 is 1.62 bits per heavy atom. The Bertz CT molecular complexity index is 1990. The number of anilines is 3. The number of fused-ring (bicyclic) bond motifs is 2. The van der Waals surface area contributed by atoms with Crippen molar-refractivity contribution >= 4 is 45.3 Å². The average Bonchev–Trinajstić information content (AvgIpc) is 3.90. The predicted molar refractivity (Wildman–Crippen MR) is 198 cm³/mol. The molecule has 4 heterocycles. The van der Waals surface area contributed by atoms with Crippen LogP contribution in [-0.2, 0) is 25.9 Å². The summed E-state index contributed by atoms with van der Waals surface area (Å²) in [7, 11) is 0. The van der Waals surface area contributed by atoms with Gasteiger partial charge in [0, 0.05) is 66.8 Å². The number of aliphatic imine (C=N–C) groups is 2. The second kappa shape index (κ2) is 13.3. The molecule has 2 N–H and O–H groups in total. The van der Waals surface area contributed by atoms with Gasteiger partial charge in [0.1, 0.15) is 0 Å². The minimum Gasteiger partial charge on any atom is -0.399 e. The van der Waals surface area contributed by atoms with Crippen LogP contribution in [0.2, 0.25) is 0 Å². The summed E-state index contributed by atoms with van der Waals surface area (Å²) >= 11 is 0. The zero-order valence-corrected chi connectivity index (χ0v) is 27.5. The molecule has 4 aromatic carbocycles. The third-order valence-corrected chi connectivity index (χ3v) is 9.52. The minimum absolute atomic E-state index is 0.173. The van der Waals surface area contributed by atoms with Gasteiger partial charge in [-0.3, -0.25) is 20.1 Å². The largest absolute Gasteiger partial charge is 0.399 e. The number of hydrogen-bond donors (Lipinski definition) is 1. The first-order chi connectivity index (χ1) is 23.3. The molecule has 242 valence electrons. The SMILES string of the molecule is CC1=NCC(c2ccc(CN3CCc4cc(N)ccc43)cc2)=C1.CC1=NCC(c2ccc(CN3CCc4cc([N+](=O)[O-])ccc43)cc2)=C1. The summed E-state index contributed by atoms with van der Waals surface area (Å²) in [5.41, 5.74) is 21.7. The summed E-state index contributed by atoms with van der Waals surface area (Å²) in [5, 5.41) is 10.9. The van der Waals surface area contributed by atoms with Crippen molar-refractivity contribution < 1.29 is 4.92 Å². The maximum atomic E-state index is 10.9. The lowest BCUT2D eigenvalue weighted by atomic mass is 10.0. The van der Waals surface area contributed by atoms with Crippen molar-refractivity contribution in [1.82, 2.24) is 0 Å². The lowest BCUT2D eigenvalue weighted by molar-refractivity contribution is -0.384. The molecule has 8 heteroatoms. The molecule has 0 aromatic heterocycles. The van der Waals surface area contributed by atoms with Crippen molar-refractivity contribution in [3.8, 4) is 0 Å². The molecule has 0 amide bonds. The fourth-order valence-electron chi connectivity index (χ4n) is 6.93. The number of rotatable bonds is 7. The molecule has 0 bridgehead atoms. The van der Waals surface area contributed by atoms with Crippen LogP contribution in [0.4, 0.5) is 22.7 Å². The molecule has 0 saturated heterocycles. The van der Waals surface area contributed by atoms with Gasteiger partial charge < -0.3 is 15.5 Å². The summed E-state index contributed by atoms with van der Waals surface area (Å²) in [4.78, 5) is 24.2. The standard InChI is InChI=1S/C20H19N3O2.C20H21N3/c1-14-10-18(12-21-14)16-4-2-15(3-5-16)13-22-9-8-17-11-19(23(24)25)6-7-20(17)22;1-14-10-18(12-22-14)16-4-2-15(3-5-16)13-23-9-8-17-11-19(21)6-7-20(17)23/h2-7,10-11H,8-9,12-13H2,1H3;2-7,10-11H,8-9,12-13,21H2,1H3. The molecular formula is C40H40N6O2. The maximum Gasteiger partial charge on any atom is 0.269 e. The van der Waals surface area contributed by atoms with Crippen LogP contribution in [0.15, 0.2) is 107 Å². The first-order valence-corrected chi connectivity index (χ1v) is 16.6. The lowest BCUT2D eigenvalue weighted by Gasteiger charge is -2.20. The summed E-state index contributed by atoms with van der Waals surface area (Å²) in [6, 6.07) is 29.0. The number of allylic oxidation sites excluding steroid dienone is 2. The predicted octanol–water partition coefficient (Wildman–Crippen LogP) is 7.70. The molecule has 0 unspecified atom stereocenters. The third kappa shape index (κ3) is 6.79. The van der Waals surface area contributed by atoms with Crippen LogP contribution < -0.4 is 15.5 Å². The van der Waals surface area contributed by atoms with Gasteiger partial charge in [0.25, 0.3) is 5.69 Å². The van der Waals surface area contributed by atoms with E-state index in [1.807, 2.05) is 19.1 Å². The van der Waals surface area contributed by atoms with Crippen LogP contribution in [0.25, 0.3) is 11.1 Å². The van der Waals surface area contributed by atoms with E-state index < -0.39 is 0 Å². The van der Waals surface area contributed by atoms with Crippen molar-refractivity contribution in [3.05, 3.63) is 141 Å². The van der Waals surface area contributed by atoms with E-state index in [9.17, 15) is 10.1 Å².